The molecule has 1 amide bonds. The number of para-hydroxylation sites is 2. The van der Waals surface area contributed by atoms with E-state index in [1.165, 1.54) is 0 Å². The van der Waals surface area contributed by atoms with Crippen molar-refractivity contribution in [2.75, 3.05) is 25.1 Å². The maximum Gasteiger partial charge on any atom is 0.260 e. The SMILES string of the molecule is COc1ccccc1CN1CCCn2c(c3c(cc2=O)CCCN(c2ccccc2Cl)C3=O)C1. The van der Waals surface area contributed by atoms with Crippen LogP contribution in [0.25, 0.3) is 0 Å². The number of aromatic nitrogens is 1. The van der Waals surface area contributed by atoms with Crippen molar-refractivity contribution < 1.29 is 9.53 Å². The van der Waals surface area contributed by atoms with Crippen molar-refractivity contribution in [2.45, 2.75) is 38.9 Å². The van der Waals surface area contributed by atoms with Gasteiger partial charge in [0.25, 0.3) is 11.5 Å². The van der Waals surface area contributed by atoms with Crippen molar-refractivity contribution in [1.29, 1.82) is 0 Å². The summed E-state index contributed by atoms with van der Waals surface area (Å²) in [5.41, 5.74) is 4.09. The van der Waals surface area contributed by atoms with Gasteiger partial charge < -0.3 is 14.2 Å². The van der Waals surface area contributed by atoms with Crippen LogP contribution in [0.1, 0.15) is 40.0 Å². The summed E-state index contributed by atoms with van der Waals surface area (Å²) < 4.78 is 7.35. The van der Waals surface area contributed by atoms with Crippen LogP contribution in [0.3, 0.4) is 0 Å². The molecule has 0 unspecified atom stereocenters. The van der Waals surface area contributed by atoms with E-state index in [4.69, 9.17) is 16.3 Å². The quantitative estimate of drug-likeness (QED) is 0.555. The Bertz CT molecular complexity index is 1290. The van der Waals surface area contributed by atoms with Gasteiger partial charge in [0.15, 0.2) is 0 Å². The number of aryl methyl sites for hydroxylation is 1. The van der Waals surface area contributed by atoms with Crippen molar-refractivity contribution in [3.63, 3.8) is 0 Å². The molecule has 0 spiro atoms. The van der Waals surface area contributed by atoms with Gasteiger partial charge in [0.05, 0.1) is 23.4 Å². The molecule has 0 radical (unpaired) electrons. The third-order valence-electron chi connectivity index (χ3n) is 6.75. The predicted molar refractivity (Wildman–Crippen MR) is 134 cm³/mol. The molecular formula is C27H28ClN3O3. The third-order valence-corrected chi connectivity index (χ3v) is 7.06. The van der Waals surface area contributed by atoms with E-state index in [-0.39, 0.29) is 11.5 Å². The van der Waals surface area contributed by atoms with Crippen LogP contribution in [0.2, 0.25) is 5.02 Å². The number of benzene rings is 2. The molecule has 3 aromatic rings. The summed E-state index contributed by atoms with van der Waals surface area (Å²) >= 11 is 6.47. The van der Waals surface area contributed by atoms with Crippen molar-refractivity contribution in [1.82, 2.24) is 9.47 Å². The Morgan fingerprint density at radius 3 is 2.59 bits per heavy atom. The largest absolute Gasteiger partial charge is 0.496 e. The number of halogens is 1. The van der Waals surface area contributed by atoms with Crippen molar-refractivity contribution in [3.8, 4) is 5.75 Å². The number of methoxy groups -OCH3 is 1. The lowest BCUT2D eigenvalue weighted by Gasteiger charge is -2.26. The average molecular weight is 478 g/mol. The average Bonchev–Trinajstić information content (AvgIpc) is 3.14. The van der Waals surface area contributed by atoms with Crippen molar-refractivity contribution in [2.24, 2.45) is 0 Å². The second kappa shape index (κ2) is 9.65. The first kappa shape index (κ1) is 22.7. The van der Waals surface area contributed by atoms with E-state index in [1.807, 2.05) is 36.4 Å². The molecule has 5 rings (SSSR count). The van der Waals surface area contributed by atoms with Crippen LogP contribution in [-0.2, 0) is 26.1 Å². The maximum atomic E-state index is 14.0. The number of nitrogens with zero attached hydrogens (tertiary/aromatic N) is 3. The zero-order valence-corrected chi connectivity index (χ0v) is 20.1. The lowest BCUT2D eigenvalue weighted by atomic mass is 10.0. The van der Waals surface area contributed by atoms with Gasteiger partial charge in [-0.2, -0.15) is 0 Å². The summed E-state index contributed by atoms with van der Waals surface area (Å²) in [6, 6.07) is 17.1. The number of carbonyl (C=O) groups excluding carboxylic acids is 1. The van der Waals surface area contributed by atoms with Crippen LogP contribution in [0.5, 0.6) is 5.75 Å². The Hall–Kier alpha value is -3.09. The summed E-state index contributed by atoms with van der Waals surface area (Å²) in [5.74, 6) is 0.764. The van der Waals surface area contributed by atoms with E-state index in [0.717, 1.165) is 42.0 Å². The molecule has 0 saturated carbocycles. The van der Waals surface area contributed by atoms with Gasteiger partial charge in [-0.15, -0.1) is 0 Å². The Morgan fingerprint density at radius 2 is 1.76 bits per heavy atom. The van der Waals surface area contributed by atoms with Gasteiger partial charge in [-0.05, 0) is 43.0 Å². The molecule has 34 heavy (non-hydrogen) atoms. The van der Waals surface area contributed by atoms with Crippen LogP contribution >= 0.6 is 11.6 Å². The molecule has 2 aliphatic heterocycles. The topological polar surface area (TPSA) is 54.8 Å². The Labute approximate surface area is 204 Å². The van der Waals surface area contributed by atoms with Gasteiger partial charge in [-0.1, -0.05) is 41.9 Å². The highest BCUT2D eigenvalue weighted by atomic mass is 35.5. The first-order valence-electron chi connectivity index (χ1n) is 11.7. The molecule has 0 fully saturated rings. The minimum absolute atomic E-state index is 0.0214. The fourth-order valence-electron chi connectivity index (χ4n) is 5.14. The Kier molecular flexibility index (Phi) is 6.44. The maximum absolute atomic E-state index is 14.0. The minimum Gasteiger partial charge on any atom is -0.496 e. The summed E-state index contributed by atoms with van der Waals surface area (Å²) in [7, 11) is 1.68. The lowest BCUT2D eigenvalue weighted by Crippen LogP contribution is -2.35. The monoisotopic (exact) mass is 477 g/mol. The smallest absolute Gasteiger partial charge is 0.260 e. The van der Waals surface area contributed by atoms with E-state index in [0.29, 0.717) is 48.9 Å². The number of carbonyl (C=O) groups is 1. The number of fused-ring (bicyclic) bond motifs is 3. The highest BCUT2D eigenvalue weighted by molar-refractivity contribution is 6.34. The fraction of sp³-hybridized carbons (Fsp3) is 0.333. The number of ether oxygens (including phenoxy) is 1. The Balaban J connectivity index is 1.56. The summed E-state index contributed by atoms with van der Waals surface area (Å²) in [5, 5.41) is 0.552. The molecule has 176 valence electrons. The predicted octanol–water partition coefficient (Wildman–Crippen LogP) is 4.51. The van der Waals surface area contributed by atoms with Crippen LogP contribution in [-0.4, -0.2) is 35.6 Å². The van der Waals surface area contributed by atoms with Gasteiger partial charge in [0, 0.05) is 50.0 Å². The number of hydrogen-bond donors (Lipinski definition) is 0. The molecule has 2 aliphatic rings. The zero-order valence-electron chi connectivity index (χ0n) is 19.3. The number of pyridine rings is 1. The molecule has 0 atom stereocenters. The summed E-state index contributed by atoms with van der Waals surface area (Å²) in [6.07, 6.45) is 2.30. The van der Waals surface area contributed by atoms with Gasteiger partial charge >= 0.3 is 0 Å². The summed E-state index contributed by atoms with van der Waals surface area (Å²) in [4.78, 5) is 31.1. The number of rotatable bonds is 4. The standard InChI is InChI=1S/C27H28ClN3O3/c1-34-24-12-5-2-8-20(24)17-29-13-7-15-30-23(18-29)26-19(16-25(30)32)9-6-14-31(27(26)33)22-11-4-3-10-21(22)28/h2-5,8,10-12,16H,6-7,9,13-15,17-18H2,1H3. The third kappa shape index (κ3) is 4.24. The molecule has 0 bridgehead atoms. The van der Waals surface area contributed by atoms with Gasteiger partial charge in [0.2, 0.25) is 0 Å². The van der Waals surface area contributed by atoms with E-state index < -0.39 is 0 Å². The highest BCUT2D eigenvalue weighted by Gasteiger charge is 2.31. The molecular weight excluding hydrogens is 450 g/mol. The number of amides is 1. The summed E-state index contributed by atoms with van der Waals surface area (Å²) in [6.45, 7) is 3.21. The van der Waals surface area contributed by atoms with Gasteiger partial charge in [-0.25, -0.2) is 0 Å². The molecule has 0 aliphatic carbocycles. The number of hydrogen-bond acceptors (Lipinski definition) is 4. The van der Waals surface area contributed by atoms with Gasteiger partial charge in [0.1, 0.15) is 5.75 Å². The van der Waals surface area contributed by atoms with Crippen LogP contribution in [0.15, 0.2) is 59.4 Å². The van der Waals surface area contributed by atoms with Crippen LogP contribution in [0, 0.1) is 0 Å². The van der Waals surface area contributed by atoms with Crippen molar-refractivity contribution in [3.05, 3.63) is 92.4 Å². The zero-order chi connectivity index (χ0) is 23.7. The molecule has 0 N–H and O–H groups in total. The highest BCUT2D eigenvalue weighted by Crippen LogP contribution is 2.32. The first-order chi connectivity index (χ1) is 16.6. The molecule has 7 heteroatoms. The minimum atomic E-state index is -0.0801. The molecule has 3 heterocycles. The van der Waals surface area contributed by atoms with Gasteiger partial charge in [-0.3, -0.25) is 14.5 Å². The first-order valence-corrected chi connectivity index (χ1v) is 12.1. The van der Waals surface area contributed by atoms with Crippen LogP contribution in [0.4, 0.5) is 5.69 Å². The molecule has 2 aromatic carbocycles. The van der Waals surface area contributed by atoms with Crippen LogP contribution < -0.4 is 15.2 Å². The van der Waals surface area contributed by atoms with E-state index in [1.54, 1.807) is 28.7 Å². The Morgan fingerprint density at radius 1 is 0.971 bits per heavy atom. The normalized spacial score (nSPS) is 16.4. The fourth-order valence-corrected chi connectivity index (χ4v) is 5.38. The molecule has 1 aromatic heterocycles. The van der Waals surface area contributed by atoms with Crippen molar-refractivity contribution >= 4 is 23.2 Å². The van der Waals surface area contributed by atoms with E-state index >= 15 is 0 Å². The van der Waals surface area contributed by atoms with E-state index in [2.05, 4.69) is 11.0 Å². The second-order valence-electron chi connectivity index (χ2n) is 8.87. The molecule has 0 saturated heterocycles. The number of anilines is 1. The lowest BCUT2D eigenvalue weighted by molar-refractivity contribution is 0.0985. The van der Waals surface area contributed by atoms with E-state index in [9.17, 15) is 9.59 Å². The second-order valence-corrected chi connectivity index (χ2v) is 9.28. The molecule has 6 nitrogen and oxygen atoms in total.